The Morgan fingerprint density at radius 1 is 1.00 bits per heavy atom. The third-order valence-corrected chi connectivity index (χ3v) is 3.79. The molecule has 0 aliphatic heterocycles. The van der Waals surface area contributed by atoms with Gasteiger partial charge in [-0.3, -0.25) is 4.79 Å². The van der Waals surface area contributed by atoms with E-state index in [1.165, 1.54) is 17.5 Å². The van der Waals surface area contributed by atoms with Gasteiger partial charge >= 0.3 is 0 Å². The molecule has 2 aromatic carbocycles. The second kappa shape index (κ2) is 7.57. The Bertz CT molecular complexity index is 875. The van der Waals surface area contributed by atoms with E-state index in [4.69, 9.17) is 0 Å². The maximum absolute atomic E-state index is 11.3. The number of carbonyl (C=O) groups is 1. The molecule has 0 aliphatic carbocycles. The summed E-state index contributed by atoms with van der Waals surface area (Å²) in [6.45, 7) is 4.33. The Labute approximate surface area is 147 Å². The molecule has 0 unspecified atom stereocenters. The standard InChI is InChI=1S/C20H20N4O/c1-14-4-3-5-16(10-14)12-21-19-11-20(23-13-22-19)24-18-8-6-17(7-9-18)15(2)25/h3-11,13H,12H2,1-2H3,(H2,21,22,23,24). The zero-order chi connectivity index (χ0) is 17.6. The van der Waals surface area contributed by atoms with Gasteiger partial charge in [-0.05, 0) is 43.7 Å². The van der Waals surface area contributed by atoms with Crippen molar-refractivity contribution < 1.29 is 4.79 Å². The molecule has 0 bridgehead atoms. The molecule has 1 aromatic heterocycles. The van der Waals surface area contributed by atoms with Gasteiger partial charge in [-0.1, -0.05) is 29.8 Å². The quantitative estimate of drug-likeness (QED) is 0.657. The van der Waals surface area contributed by atoms with E-state index in [1.807, 2.05) is 24.3 Å². The zero-order valence-corrected chi connectivity index (χ0v) is 14.3. The number of Topliss-reactive ketones (excluding diaryl/α,β-unsaturated/α-hetero) is 1. The first-order valence-corrected chi connectivity index (χ1v) is 8.09. The number of nitrogens with one attached hydrogen (secondary N) is 2. The van der Waals surface area contributed by atoms with E-state index in [1.54, 1.807) is 19.1 Å². The van der Waals surface area contributed by atoms with Crippen LogP contribution in [0.1, 0.15) is 28.4 Å². The summed E-state index contributed by atoms with van der Waals surface area (Å²) in [4.78, 5) is 19.8. The summed E-state index contributed by atoms with van der Waals surface area (Å²) < 4.78 is 0. The van der Waals surface area contributed by atoms with E-state index in [-0.39, 0.29) is 5.78 Å². The first kappa shape index (κ1) is 16.6. The Morgan fingerprint density at radius 2 is 1.76 bits per heavy atom. The smallest absolute Gasteiger partial charge is 0.159 e. The highest BCUT2D eigenvalue weighted by atomic mass is 16.1. The lowest BCUT2D eigenvalue weighted by Gasteiger charge is -2.09. The van der Waals surface area contributed by atoms with Gasteiger partial charge in [-0.25, -0.2) is 9.97 Å². The summed E-state index contributed by atoms with van der Waals surface area (Å²) in [5.74, 6) is 1.49. The normalized spacial score (nSPS) is 10.3. The van der Waals surface area contributed by atoms with Crippen LogP contribution in [0.3, 0.4) is 0 Å². The van der Waals surface area contributed by atoms with Crippen LogP contribution in [0.4, 0.5) is 17.3 Å². The van der Waals surface area contributed by atoms with E-state index in [9.17, 15) is 4.79 Å². The van der Waals surface area contributed by atoms with E-state index in [2.05, 4.69) is 45.7 Å². The topological polar surface area (TPSA) is 66.9 Å². The summed E-state index contributed by atoms with van der Waals surface area (Å²) in [7, 11) is 0. The molecule has 3 aromatic rings. The number of hydrogen-bond acceptors (Lipinski definition) is 5. The lowest BCUT2D eigenvalue weighted by Crippen LogP contribution is -2.03. The summed E-state index contributed by atoms with van der Waals surface area (Å²) >= 11 is 0. The van der Waals surface area contributed by atoms with Gasteiger partial charge in [0.1, 0.15) is 18.0 Å². The number of nitrogens with zero attached hydrogens (tertiary/aromatic N) is 2. The molecule has 126 valence electrons. The van der Waals surface area contributed by atoms with Gasteiger partial charge in [-0.2, -0.15) is 0 Å². The van der Waals surface area contributed by atoms with E-state index < -0.39 is 0 Å². The minimum absolute atomic E-state index is 0.0521. The molecular weight excluding hydrogens is 312 g/mol. The van der Waals surface area contributed by atoms with Crippen LogP contribution in [0, 0.1) is 6.92 Å². The molecule has 0 spiro atoms. The average molecular weight is 332 g/mol. The minimum atomic E-state index is 0.0521. The number of rotatable bonds is 6. The van der Waals surface area contributed by atoms with Crippen LogP contribution in [0.15, 0.2) is 60.9 Å². The van der Waals surface area contributed by atoms with Gasteiger partial charge in [0.2, 0.25) is 0 Å². The summed E-state index contributed by atoms with van der Waals surface area (Å²) in [6.07, 6.45) is 1.52. The third-order valence-electron chi connectivity index (χ3n) is 3.79. The van der Waals surface area contributed by atoms with Gasteiger partial charge < -0.3 is 10.6 Å². The lowest BCUT2D eigenvalue weighted by atomic mass is 10.1. The number of aromatic nitrogens is 2. The van der Waals surface area contributed by atoms with Gasteiger partial charge in [0.05, 0.1) is 0 Å². The molecule has 2 N–H and O–H groups in total. The van der Waals surface area contributed by atoms with Crippen molar-refractivity contribution in [3.8, 4) is 0 Å². The zero-order valence-electron chi connectivity index (χ0n) is 14.3. The molecule has 5 heteroatoms. The summed E-state index contributed by atoms with van der Waals surface area (Å²) in [5, 5.41) is 6.52. The van der Waals surface area contributed by atoms with Crippen molar-refractivity contribution in [1.29, 1.82) is 0 Å². The molecule has 5 nitrogen and oxygen atoms in total. The monoisotopic (exact) mass is 332 g/mol. The highest BCUT2D eigenvalue weighted by Gasteiger charge is 2.02. The van der Waals surface area contributed by atoms with Gasteiger partial charge in [0.25, 0.3) is 0 Å². The molecule has 0 amide bonds. The highest BCUT2D eigenvalue weighted by Crippen LogP contribution is 2.17. The first-order valence-electron chi connectivity index (χ1n) is 8.09. The fourth-order valence-corrected chi connectivity index (χ4v) is 2.47. The maximum atomic E-state index is 11.3. The number of benzene rings is 2. The van der Waals surface area contributed by atoms with Crippen LogP contribution in [-0.4, -0.2) is 15.8 Å². The SMILES string of the molecule is CC(=O)c1ccc(Nc2cc(NCc3cccc(C)c3)ncn2)cc1. The first-order chi connectivity index (χ1) is 12.1. The average Bonchev–Trinajstić information content (AvgIpc) is 2.61. The molecule has 25 heavy (non-hydrogen) atoms. The lowest BCUT2D eigenvalue weighted by molar-refractivity contribution is 0.101. The van der Waals surface area contributed by atoms with Crippen LogP contribution in [0.2, 0.25) is 0 Å². The Kier molecular flexibility index (Phi) is 5.04. The number of carbonyl (C=O) groups excluding carboxylic acids is 1. The van der Waals surface area contributed by atoms with E-state index >= 15 is 0 Å². The number of hydrogen-bond donors (Lipinski definition) is 2. The third kappa shape index (κ3) is 4.64. The predicted octanol–water partition coefficient (Wildman–Crippen LogP) is 4.34. The van der Waals surface area contributed by atoms with Crippen molar-refractivity contribution in [3.63, 3.8) is 0 Å². The van der Waals surface area contributed by atoms with Crippen molar-refractivity contribution in [2.45, 2.75) is 20.4 Å². The van der Waals surface area contributed by atoms with Crippen molar-refractivity contribution in [3.05, 3.63) is 77.6 Å². The van der Waals surface area contributed by atoms with Crippen LogP contribution >= 0.6 is 0 Å². The second-order valence-electron chi connectivity index (χ2n) is 5.89. The molecule has 3 rings (SSSR count). The number of ketones is 1. The van der Waals surface area contributed by atoms with E-state index in [0.29, 0.717) is 17.9 Å². The largest absolute Gasteiger partial charge is 0.366 e. The summed E-state index contributed by atoms with van der Waals surface area (Å²) in [6, 6.07) is 17.5. The molecule has 0 saturated heterocycles. The minimum Gasteiger partial charge on any atom is -0.366 e. The summed E-state index contributed by atoms with van der Waals surface area (Å²) in [5.41, 5.74) is 3.99. The van der Waals surface area contributed by atoms with Gasteiger partial charge in [0.15, 0.2) is 5.78 Å². The Morgan fingerprint density at radius 3 is 2.48 bits per heavy atom. The fraction of sp³-hybridized carbons (Fsp3) is 0.150. The van der Waals surface area contributed by atoms with Crippen molar-refractivity contribution in [2.75, 3.05) is 10.6 Å². The molecule has 0 saturated carbocycles. The van der Waals surface area contributed by atoms with Gasteiger partial charge in [0, 0.05) is 23.9 Å². The maximum Gasteiger partial charge on any atom is 0.159 e. The number of aryl methyl sites for hydroxylation is 1. The van der Waals surface area contributed by atoms with Crippen LogP contribution in [-0.2, 0) is 6.54 Å². The molecule has 0 atom stereocenters. The van der Waals surface area contributed by atoms with Crippen molar-refractivity contribution in [1.82, 2.24) is 9.97 Å². The van der Waals surface area contributed by atoms with Crippen LogP contribution in [0.5, 0.6) is 0 Å². The second-order valence-corrected chi connectivity index (χ2v) is 5.89. The van der Waals surface area contributed by atoms with Crippen molar-refractivity contribution in [2.24, 2.45) is 0 Å². The molecule has 0 radical (unpaired) electrons. The molecule has 0 aliphatic rings. The highest BCUT2D eigenvalue weighted by molar-refractivity contribution is 5.94. The Hall–Kier alpha value is -3.21. The van der Waals surface area contributed by atoms with Crippen molar-refractivity contribution >= 4 is 23.1 Å². The molecular formula is C20H20N4O. The van der Waals surface area contributed by atoms with Crippen LogP contribution in [0.25, 0.3) is 0 Å². The van der Waals surface area contributed by atoms with Gasteiger partial charge in [-0.15, -0.1) is 0 Å². The predicted molar refractivity (Wildman–Crippen MR) is 100 cm³/mol. The Balaban J connectivity index is 1.65. The fourth-order valence-electron chi connectivity index (χ4n) is 2.47. The molecule has 0 fully saturated rings. The molecule has 1 heterocycles. The van der Waals surface area contributed by atoms with Crippen LogP contribution < -0.4 is 10.6 Å². The van der Waals surface area contributed by atoms with E-state index in [0.717, 1.165) is 11.5 Å². The number of anilines is 3.